The molecule has 0 aliphatic carbocycles. The Labute approximate surface area is 253 Å². The van der Waals surface area contributed by atoms with Gasteiger partial charge in [0, 0.05) is 24.4 Å². The maximum atomic E-state index is 4.97. The van der Waals surface area contributed by atoms with E-state index in [2.05, 4.69) is 44.7 Å². The van der Waals surface area contributed by atoms with Crippen LogP contribution in [0.25, 0.3) is 0 Å². The minimum Gasteiger partial charge on any atom is -0.332 e. The largest absolute Gasteiger partial charge is 0.332 e. The van der Waals surface area contributed by atoms with E-state index in [1.54, 1.807) is 0 Å². The van der Waals surface area contributed by atoms with Crippen molar-refractivity contribution >= 4 is 0 Å². The summed E-state index contributed by atoms with van der Waals surface area (Å²) < 4.78 is 2.57. The molecule has 0 spiro atoms. The second kappa shape index (κ2) is 28.3. The van der Waals surface area contributed by atoms with Crippen LogP contribution in [0.1, 0.15) is 232 Å². The zero-order chi connectivity index (χ0) is 28.9. The lowest BCUT2D eigenvalue weighted by molar-refractivity contribution is 0.413. The van der Waals surface area contributed by atoms with Crippen molar-refractivity contribution in [3.05, 3.63) is 18.2 Å². The van der Waals surface area contributed by atoms with Gasteiger partial charge in [-0.2, -0.15) is 0 Å². The normalized spacial score (nSPS) is 13.2. The van der Waals surface area contributed by atoms with Gasteiger partial charge in [-0.15, -0.1) is 0 Å². The second-order valence-corrected chi connectivity index (χ2v) is 13.2. The summed E-state index contributed by atoms with van der Waals surface area (Å²) in [4.78, 5) is 4.97. The first kappa shape index (κ1) is 37.2. The van der Waals surface area contributed by atoms with E-state index in [0.29, 0.717) is 12.0 Å². The molecule has 2 heteroatoms. The van der Waals surface area contributed by atoms with Crippen LogP contribution in [-0.2, 0) is 0 Å². The summed E-state index contributed by atoms with van der Waals surface area (Å²) in [6, 6.07) is 0.589. The van der Waals surface area contributed by atoms with Crippen LogP contribution in [0.5, 0.6) is 0 Å². The zero-order valence-corrected chi connectivity index (χ0v) is 28.2. The lowest BCUT2D eigenvalue weighted by Gasteiger charge is -2.22. The predicted molar refractivity (Wildman–Crippen MR) is 181 cm³/mol. The van der Waals surface area contributed by atoms with Gasteiger partial charge in [0.1, 0.15) is 5.82 Å². The molecular weight excluding hydrogens is 484 g/mol. The van der Waals surface area contributed by atoms with Crippen molar-refractivity contribution in [3.63, 3.8) is 0 Å². The molecule has 1 aromatic rings. The Kier molecular flexibility index (Phi) is 26.4. The molecule has 1 rings (SSSR count). The van der Waals surface area contributed by atoms with E-state index in [4.69, 9.17) is 4.98 Å². The third-order valence-electron chi connectivity index (χ3n) is 9.33. The molecule has 2 atom stereocenters. The molecule has 0 radical (unpaired) electrons. The van der Waals surface area contributed by atoms with Gasteiger partial charge >= 0.3 is 0 Å². The van der Waals surface area contributed by atoms with Gasteiger partial charge < -0.3 is 4.57 Å². The standard InChI is InChI=1S/C38H74N2/c1-5-8-11-14-16-18-20-21-23-25-27-30-33-37(32-29-13-10-7-3)38-39-34-35-40(38)36(4)31-28-26-24-22-19-17-15-12-9-6-2/h34-37H,5-33H2,1-4H3. The molecule has 1 aromatic heterocycles. The van der Waals surface area contributed by atoms with Crippen LogP contribution in [0, 0.1) is 0 Å². The number of rotatable bonds is 31. The fraction of sp³-hybridized carbons (Fsp3) is 0.921. The molecule has 0 aliphatic rings. The van der Waals surface area contributed by atoms with Crippen LogP contribution in [0.3, 0.4) is 0 Å². The first-order valence-electron chi connectivity index (χ1n) is 18.8. The summed E-state index contributed by atoms with van der Waals surface area (Å²) in [6.07, 6.45) is 45.3. The Bertz CT molecular complexity index is 621. The molecule has 2 unspecified atom stereocenters. The van der Waals surface area contributed by atoms with Crippen molar-refractivity contribution in [1.29, 1.82) is 0 Å². The molecule has 0 N–H and O–H groups in total. The fourth-order valence-electron chi connectivity index (χ4n) is 6.53. The van der Waals surface area contributed by atoms with E-state index in [1.165, 1.54) is 192 Å². The summed E-state index contributed by atoms with van der Waals surface area (Å²) in [6.45, 7) is 9.38. The monoisotopic (exact) mass is 559 g/mol. The van der Waals surface area contributed by atoms with Gasteiger partial charge in [-0.3, -0.25) is 0 Å². The quantitative estimate of drug-likeness (QED) is 0.0828. The molecule has 2 nitrogen and oxygen atoms in total. The van der Waals surface area contributed by atoms with Crippen molar-refractivity contribution < 1.29 is 0 Å². The Balaban J connectivity index is 2.33. The van der Waals surface area contributed by atoms with Crippen LogP contribution < -0.4 is 0 Å². The molecule has 0 aromatic carbocycles. The molecule has 1 heterocycles. The molecule has 0 amide bonds. The Morgan fingerprint density at radius 2 is 0.800 bits per heavy atom. The van der Waals surface area contributed by atoms with Gasteiger partial charge in [0.05, 0.1) is 0 Å². The summed E-state index contributed by atoms with van der Waals surface area (Å²) in [5.74, 6) is 2.06. The third-order valence-corrected chi connectivity index (χ3v) is 9.33. The minimum absolute atomic E-state index is 0.589. The molecule has 236 valence electrons. The summed E-state index contributed by atoms with van der Waals surface area (Å²) in [7, 11) is 0. The third kappa shape index (κ3) is 20.1. The highest BCUT2D eigenvalue weighted by molar-refractivity contribution is 5.02. The van der Waals surface area contributed by atoms with E-state index in [-0.39, 0.29) is 0 Å². The van der Waals surface area contributed by atoms with Crippen molar-refractivity contribution in [3.8, 4) is 0 Å². The molecule has 0 aliphatic heterocycles. The maximum absolute atomic E-state index is 4.97. The lowest BCUT2D eigenvalue weighted by atomic mass is 9.93. The Hall–Kier alpha value is -0.790. The van der Waals surface area contributed by atoms with E-state index in [9.17, 15) is 0 Å². The van der Waals surface area contributed by atoms with E-state index in [1.807, 2.05) is 0 Å². The highest BCUT2D eigenvalue weighted by Crippen LogP contribution is 2.30. The molecule has 0 bridgehead atoms. The summed E-state index contributed by atoms with van der Waals surface area (Å²) in [5.41, 5.74) is 0. The predicted octanol–water partition coefficient (Wildman–Crippen LogP) is 13.9. The zero-order valence-electron chi connectivity index (χ0n) is 28.2. The maximum Gasteiger partial charge on any atom is 0.111 e. The number of nitrogens with zero attached hydrogens (tertiary/aromatic N) is 2. The van der Waals surface area contributed by atoms with Crippen molar-refractivity contribution in [2.75, 3.05) is 0 Å². The van der Waals surface area contributed by atoms with Gasteiger partial charge in [0.2, 0.25) is 0 Å². The van der Waals surface area contributed by atoms with E-state index in [0.717, 1.165) is 0 Å². The lowest BCUT2D eigenvalue weighted by Crippen LogP contribution is -2.13. The van der Waals surface area contributed by atoms with Crippen molar-refractivity contribution in [2.24, 2.45) is 0 Å². The van der Waals surface area contributed by atoms with E-state index < -0.39 is 0 Å². The van der Waals surface area contributed by atoms with Crippen molar-refractivity contribution in [1.82, 2.24) is 9.55 Å². The average Bonchev–Trinajstić information content (AvgIpc) is 3.45. The van der Waals surface area contributed by atoms with E-state index >= 15 is 0 Å². The first-order chi connectivity index (χ1) is 19.7. The van der Waals surface area contributed by atoms with Crippen molar-refractivity contribution in [2.45, 2.75) is 226 Å². The number of hydrogen-bond acceptors (Lipinski definition) is 1. The van der Waals surface area contributed by atoms with Crippen LogP contribution >= 0.6 is 0 Å². The van der Waals surface area contributed by atoms with Gasteiger partial charge in [-0.25, -0.2) is 4.98 Å². The first-order valence-corrected chi connectivity index (χ1v) is 18.8. The smallest absolute Gasteiger partial charge is 0.111 e. The SMILES string of the molecule is CCCCCCCCCCCCCCC(CCCCCC)c1nccn1C(C)CCCCCCCCCCCC. The van der Waals surface area contributed by atoms with Crippen LogP contribution in [0.4, 0.5) is 0 Å². The van der Waals surface area contributed by atoms with Gasteiger partial charge in [0.25, 0.3) is 0 Å². The molecule has 0 saturated heterocycles. The second-order valence-electron chi connectivity index (χ2n) is 13.2. The summed E-state index contributed by atoms with van der Waals surface area (Å²) in [5, 5.41) is 0. The highest BCUT2D eigenvalue weighted by Gasteiger charge is 2.19. The molecular formula is C38H74N2. The number of hydrogen-bond donors (Lipinski definition) is 0. The molecule has 0 fully saturated rings. The van der Waals surface area contributed by atoms with Crippen LogP contribution in [0.2, 0.25) is 0 Å². The number of aromatic nitrogens is 2. The molecule has 40 heavy (non-hydrogen) atoms. The average molecular weight is 559 g/mol. The van der Waals surface area contributed by atoms with Gasteiger partial charge in [-0.1, -0.05) is 188 Å². The Morgan fingerprint density at radius 3 is 1.20 bits per heavy atom. The minimum atomic E-state index is 0.589. The Morgan fingerprint density at radius 1 is 0.475 bits per heavy atom. The van der Waals surface area contributed by atoms with Crippen LogP contribution in [-0.4, -0.2) is 9.55 Å². The fourth-order valence-corrected chi connectivity index (χ4v) is 6.53. The van der Waals surface area contributed by atoms with Gasteiger partial charge in [-0.05, 0) is 26.2 Å². The van der Waals surface area contributed by atoms with Gasteiger partial charge in [0.15, 0.2) is 0 Å². The highest BCUT2D eigenvalue weighted by atomic mass is 15.1. The number of imidazole rings is 1. The molecule has 0 saturated carbocycles. The summed E-state index contributed by atoms with van der Waals surface area (Å²) >= 11 is 0. The number of unbranched alkanes of at least 4 members (excludes halogenated alkanes) is 23. The van der Waals surface area contributed by atoms with Crippen LogP contribution in [0.15, 0.2) is 12.4 Å². The topological polar surface area (TPSA) is 17.8 Å².